The molecule has 5 nitrogen and oxygen atoms in total. The molecule has 1 heterocycles. The molecule has 0 unspecified atom stereocenters. The van der Waals surface area contributed by atoms with Gasteiger partial charge in [-0.05, 0) is 43.3 Å². The van der Waals surface area contributed by atoms with Crippen molar-refractivity contribution in [2.45, 2.75) is 6.92 Å². The van der Waals surface area contributed by atoms with Crippen molar-refractivity contribution in [3.05, 3.63) is 58.8 Å². The minimum Gasteiger partial charge on any atom is -0.484 e. The molecule has 0 atom stereocenters. The third-order valence-electron chi connectivity index (χ3n) is 2.57. The maximum Gasteiger partial charge on any atom is 0.277 e. The number of carbonyl (C=O) groups excluding carboxylic acids is 1. The van der Waals surface area contributed by atoms with Gasteiger partial charge in [0.2, 0.25) is 0 Å². The molecule has 1 aromatic heterocycles. The summed E-state index contributed by atoms with van der Waals surface area (Å²) in [6.07, 6.45) is 1.67. The van der Waals surface area contributed by atoms with Gasteiger partial charge in [-0.3, -0.25) is 9.78 Å². The number of nitrogens with one attached hydrogen (secondary N) is 1. The number of hydrogen-bond donors (Lipinski definition) is 1. The van der Waals surface area contributed by atoms with Gasteiger partial charge in [0, 0.05) is 10.7 Å². The lowest BCUT2D eigenvalue weighted by molar-refractivity contribution is -0.123. The van der Waals surface area contributed by atoms with Crippen LogP contribution in [0.1, 0.15) is 12.6 Å². The highest BCUT2D eigenvalue weighted by molar-refractivity contribution is 9.10. The molecule has 0 saturated carbocycles. The van der Waals surface area contributed by atoms with Crippen molar-refractivity contribution in [2.24, 2.45) is 5.10 Å². The number of hydrazone groups is 1. The summed E-state index contributed by atoms with van der Waals surface area (Å²) in [6.45, 7) is 1.68. The van der Waals surface area contributed by atoms with Gasteiger partial charge in [-0.15, -0.1) is 0 Å². The van der Waals surface area contributed by atoms with Crippen molar-refractivity contribution in [3.8, 4) is 5.75 Å². The summed E-state index contributed by atoms with van der Waals surface area (Å²) in [5.74, 6) is 0.298. The van der Waals surface area contributed by atoms with E-state index in [2.05, 4.69) is 31.4 Å². The molecular formula is C15H14BrN3O2. The lowest BCUT2D eigenvalue weighted by atomic mass is 10.3. The average Bonchev–Trinajstić information content (AvgIpc) is 2.53. The highest BCUT2D eigenvalue weighted by Gasteiger charge is 2.03. The van der Waals surface area contributed by atoms with Crippen molar-refractivity contribution >= 4 is 27.5 Å². The van der Waals surface area contributed by atoms with Crippen LogP contribution in [0.15, 0.2) is 58.2 Å². The maximum atomic E-state index is 11.6. The van der Waals surface area contributed by atoms with Crippen LogP contribution in [-0.2, 0) is 4.79 Å². The Morgan fingerprint density at radius 1 is 1.29 bits per heavy atom. The predicted molar refractivity (Wildman–Crippen MR) is 84.2 cm³/mol. The number of hydrogen-bond acceptors (Lipinski definition) is 4. The molecule has 0 aliphatic carbocycles. The van der Waals surface area contributed by atoms with Gasteiger partial charge in [-0.1, -0.05) is 22.0 Å². The van der Waals surface area contributed by atoms with Gasteiger partial charge < -0.3 is 4.74 Å². The standard InChI is InChI=1S/C15H14BrN3O2/c1-11(14-4-2-3-9-17-14)18-19-15(20)10-21-13-7-5-12(16)6-8-13/h2-9H,10H2,1H3,(H,19,20)/b18-11-. The summed E-state index contributed by atoms with van der Waals surface area (Å²) in [5, 5.41) is 3.99. The van der Waals surface area contributed by atoms with Crippen LogP contribution in [0.2, 0.25) is 0 Å². The number of pyridine rings is 1. The quantitative estimate of drug-likeness (QED) is 0.668. The van der Waals surface area contributed by atoms with Crippen LogP contribution in [0, 0.1) is 0 Å². The Balaban J connectivity index is 1.83. The number of halogens is 1. The highest BCUT2D eigenvalue weighted by Crippen LogP contribution is 2.15. The number of benzene rings is 1. The Morgan fingerprint density at radius 2 is 2.05 bits per heavy atom. The lowest BCUT2D eigenvalue weighted by Crippen LogP contribution is -2.25. The second-order valence-corrected chi connectivity index (χ2v) is 5.11. The normalized spacial score (nSPS) is 11.0. The minimum absolute atomic E-state index is 0.0966. The van der Waals surface area contributed by atoms with Crippen LogP contribution in [0.4, 0.5) is 0 Å². The minimum atomic E-state index is -0.326. The van der Waals surface area contributed by atoms with E-state index in [1.165, 1.54) is 0 Å². The van der Waals surface area contributed by atoms with Crippen LogP contribution < -0.4 is 10.2 Å². The van der Waals surface area contributed by atoms with E-state index in [1.807, 2.05) is 30.3 Å². The largest absolute Gasteiger partial charge is 0.484 e. The molecular weight excluding hydrogens is 334 g/mol. The molecule has 0 radical (unpaired) electrons. The van der Waals surface area contributed by atoms with Gasteiger partial charge >= 0.3 is 0 Å². The Bertz CT molecular complexity index is 627. The van der Waals surface area contributed by atoms with Crippen LogP contribution in [0.5, 0.6) is 5.75 Å². The smallest absolute Gasteiger partial charge is 0.277 e. The molecule has 0 aliphatic rings. The fourth-order valence-electron chi connectivity index (χ4n) is 1.49. The van der Waals surface area contributed by atoms with E-state index in [-0.39, 0.29) is 12.5 Å². The number of carbonyl (C=O) groups is 1. The first-order valence-corrected chi connectivity index (χ1v) is 7.07. The molecule has 6 heteroatoms. The first-order chi connectivity index (χ1) is 10.1. The predicted octanol–water partition coefficient (Wildman–Crippen LogP) is 2.76. The van der Waals surface area contributed by atoms with E-state index in [0.717, 1.165) is 4.47 Å². The van der Waals surface area contributed by atoms with Gasteiger partial charge in [-0.2, -0.15) is 5.10 Å². The Kier molecular flexibility index (Phi) is 5.45. The van der Waals surface area contributed by atoms with E-state index in [4.69, 9.17) is 4.74 Å². The SMILES string of the molecule is C/C(=N/NC(=O)COc1ccc(Br)cc1)c1ccccn1. The van der Waals surface area contributed by atoms with E-state index < -0.39 is 0 Å². The second kappa shape index (κ2) is 7.54. The van der Waals surface area contributed by atoms with Crippen molar-refractivity contribution < 1.29 is 9.53 Å². The van der Waals surface area contributed by atoms with E-state index in [9.17, 15) is 4.79 Å². The third kappa shape index (κ3) is 5.00. The molecule has 21 heavy (non-hydrogen) atoms. The molecule has 1 N–H and O–H groups in total. The third-order valence-corrected chi connectivity index (χ3v) is 3.10. The van der Waals surface area contributed by atoms with Gasteiger partial charge in [0.1, 0.15) is 5.75 Å². The van der Waals surface area contributed by atoms with Gasteiger partial charge in [0.25, 0.3) is 5.91 Å². The molecule has 0 bridgehead atoms. The Morgan fingerprint density at radius 3 is 2.71 bits per heavy atom. The Labute approximate surface area is 131 Å². The first kappa shape index (κ1) is 15.2. The molecule has 2 aromatic rings. The average molecular weight is 348 g/mol. The van der Waals surface area contributed by atoms with Crippen molar-refractivity contribution in [2.75, 3.05) is 6.61 Å². The molecule has 0 aliphatic heterocycles. The zero-order valence-corrected chi connectivity index (χ0v) is 13.0. The van der Waals surface area contributed by atoms with Crippen LogP contribution >= 0.6 is 15.9 Å². The molecule has 2 rings (SSSR count). The van der Waals surface area contributed by atoms with Crippen molar-refractivity contribution in [1.29, 1.82) is 0 Å². The molecule has 0 spiro atoms. The topological polar surface area (TPSA) is 63.6 Å². The zero-order chi connectivity index (χ0) is 15.1. The molecule has 0 fully saturated rings. The molecule has 1 aromatic carbocycles. The monoisotopic (exact) mass is 347 g/mol. The fraction of sp³-hybridized carbons (Fsp3) is 0.133. The van der Waals surface area contributed by atoms with Crippen molar-refractivity contribution in [1.82, 2.24) is 10.4 Å². The second-order valence-electron chi connectivity index (χ2n) is 4.19. The van der Waals surface area contributed by atoms with E-state index in [1.54, 1.807) is 25.3 Å². The Hall–Kier alpha value is -2.21. The maximum absolute atomic E-state index is 11.6. The first-order valence-electron chi connectivity index (χ1n) is 6.28. The van der Waals surface area contributed by atoms with Gasteiger partial charge in [0.05, 0.1) is 11.4 Å². The molecule has 0 saturated heterocycles. The van der Waals surface area contributed by atoms with E-state index in [0.29, 0.717) is 17.2 Å². The number of ether oxygens (including phenoxy) is 1. The van der Waals surface area contributed by atoms with Crippen LogP contribution in [0.25, 0.3) is 0 Å². The van der Waals surface area contributed by atoms with Crippen LogP contribution in [-0.4, -0.2) is 23.2 Å². The summed E-state index contributed by atoms with van der Waals surface area (Å²) >= 11 is 3.33. The van der Waals surface area contributed by atoms with Crippen LogP contribution in [0.3, 0.4) is 0 Å². The summed E-state index contributed by atoms with van der Waals surface area (Å²) in [4.78, 5) is 15.8. The zero-order valence-electron chi connectivity index (χ0n) is 11.4. The molecule has 1 amide bonds. The number of amides is 1. The molecule has 108 valence electrons. The summed E-state index contributed by atoms with van der Waals surface area (Å²) in [6, 6.07) is 12.7. The summed E-state index contributed by atoms with van der Waals surface area (Å²) < 4.78 is 6.30. The van der Waals surface area contributed by atoms with E-state index >= 15 is 0 Å². The summed E-state index contributed by atoms with van der Waals surface area (Å²) in [5.41, 5.74) is 3.78. The highest BCUT2D eigenvalue weighted by atomic mass is 79.9. The lowest BCUT2D eigenvalue weighted by Gasteiger charge is -2.05. The number of rotatable bonds is 5. The van der Waals surface area contributed by atoms with Crippen molar-refractivity contribution in [3.63, 3.8) is 0 Å². The summed E-state index contributed by atoms with van der Waals surface area (Å²) in [7, 11) is 0. The number of aromatic nitrogens is 1. The number of nitrogens with zero attached hydrogens (tertiary/aromatic N) is 2. The van der Waals surface area contributed by atoms with Gasteiger partial charge in [0.15, 0.2) is 6.61 Å². The fourth-order valence-corrected chi connectivity index (χ4v) is 1.76. The van der Waals surface area contributed by atoms with Gasteiger partial charge in [-0.25, -0.2) is 5.43 Å².